The molecule has 1 atom stereocenters. The monoisotopic (exact) mass is 255 g/mol. The summed E-state index contributed by atoms with van der Waals surface area (Å²) in [6, 6.07) is 5.50. The van der Waals surface area contributed by atoms with E-state index in [1.807, 2.05) is 18.2 Å². The summed E-state index contributed by atoms with van der Waals surface area (Å²) in [4.78, 5) is 4.22. The van der Waals surface area contributed by atoms with Crippen molar-refractivity contribution in [1.82, 2.24) is 4.98 Å². The Hall–Kier alpha value is -0.940. The molecule has 1 aromatic heterocycles. The maximum atomic E-state index is 11.3. The van der Waals surface area contributed by atoms with Crippen LogP contribution >= 0.6 is 0 Å². The van der Waals surface area contributed by atoms with Gasteiger partial charge in [-0.15, -0.1) is 0 Å². The number of rotatable bonds is 4. The van der Waals surface area contributed by atoms with E-state index in [9.17, 15) is 8.42 Å². The molecule has 17 heavy (non-hydrogen) atoms. The van der Waals surface area contributed by atoms with Crippen LogP contribution in [0.25, 0.3) is 0 Å². The maximum absolute atomic E-state index is 11.3. The van der Waals surface area contributed by atoms with Crippen molar-refractivity contribution >= 4 is 10.1 Å². The average molecular weight is 255 g/mol. The molecule has 0 N–H and O–H groups in total. The summed E-state index contributed by atoms with van der Waals surface area (Å²) in [6.45, 7) is 0. The molecular formula is C12H17NO3S. The summed E-state index contributed by atoms with van der Waals surface area (Å²) in [5.74, 6) is 0.264. The zero-order valence-corrected chi connectivity index (χ0v) is 10.7. The van der Waals surface area contributed by atoms with Crippen molar-refractivity contribution in [3.05, 3.63) is 30.1 Å². The molecule has 0 amide bonds. The second-order valence-corrected chi connectivity index (χ2v) is 6.12. The van der Waals surface area contributed by atoms with Gasteiger partial charge >= 0.3 is 0 Å². The molecule has 1 aromatic rings. The standard InChI is InChI=1S/C12H17NO3S/c1-17(14,15)16-12(10-6-2-3-7-10)11-8-4-5-9-13-11/h4-5,8-10,12H,2-3,6-7H2,1H3. The highest BCUT2D eigenvalue weighted by Crippen LogP contribution is 2.38. The molecule has 1 heterocycles. The van der Waals surface area contributed by atoms with Gasteiger partial charge in [-0.3, -0.25) is 9.17 Å². The molecule has 0 spiro atoms. The lowest BCUT2D eigenvalue weighted by atomic mass is 9.98. The first-order valence-electron chi connectivity index (χ1n) is 5.85. The van der Waals surface area contributed by atoms with Gasteiger partial charge in [0.2, 0.25) is 0 Å². The zero-order valence-electron chi connectivity index (χ0n) is 9.87. The van der Waals surface area contributed by atoms with Gasteiger partial charge in [-0.05, 0) is 30.9 Å². The molecule has 0 saturated heterocycles. The van der Waals surface area contributed by atoms with Gasteiger partial charge in [0.05, 0.1) is 11.9 Å². The third kappa shape index (κ3) is 3.51. The van der Waals surface area contributed by atoms with Crippen LogP contribution in [-0.2, 0) is 14.3 Å². The number of hydrogen-bond donors (Lipinski definition) is 0. The largest absolute Gasteiger partial charge is 0.265 e. The minimum Gasteiger partial charge on any atom is -0.260 e. The lowest BCUT2D eigenvalue weighted by molar-refractivity contribution is 0.142. The first-order chi connectivity index (χ1) is 8.06. The summed E-state index contributed by atoms with van der Waals surface area (Å²) >= 11 is 0. The van der Waals surface area contributed by atoms with Gasteiger partial charge in [0.25, 0.3) is 10.1 Å². The third-order valence-corrected chi connectivity index (χ3v) is 3.64. The Morgan fingerprint density at radius 1 is 1.35 bits per heavy atom. The van der Waals surface area contributed by atoms with E-state index in [4.69, 9.17) is 4.18 Å². The quantitative estimate of drug-likeness (QED) is 0.775. The van der Waals surface area contributed by atoms with Crippen molar-refractivity contribution in [3.8, 4) is 0 Å². The lowest BCUT2D eigenvalue weighted by Gasteiger charge is -2.21. The fraction of sp³-hybridized carbons (Fsp3) is 0.583. The van der Waals surface area contributed by atoms with Crippen LogP contribution in [0.4, 0.5) is 0 Å². The van der Waals surface area contributed by atoms with Crippen LogP contribution in [0, 0.1) is 5.92 Å². The van der Waals surface area contributed by atoms with E-state index >= 15 is 0 Å². The van der Waals surface area contributed by atoms with Gasteiger partial charge in [-0.1, -0.05) is 18.9 Å². The van der Waals surface area contributed by atoms with E-state index in [0.29, 0.717) is 5.69 Å². The molecule has 1 saturated carbocycles. The Kier molecular flexibility index (Phi) is 3.79. The number of aromatic nitrogens is 1. The SMILES string of the molecule is CS(=O)(=O)OC(c1ccccn1)C1CCCC1. The highest BCUT2D eigenvalue weighted by Gasteiger charge is 2.30. The molecular weight excluding hydrogens is 238 g/mol. The third-order valence-electron chi connectivity index (χ3n) is 3.09. The summed E-state index contributed by atoms with van der Waals surface area (Å²) in [7, 11) is -3.45. The Bertz CT molecular complexity index is 452. The van der Waals surface area contributed by atoms with E-state index in [2.05, 4.69) is 4.98 Å². The predicted molar refractivity (Wildman–Crippen MR) is 64.9 cm³/mol. The number of pyridine rings is 1. The Balaban J connectivity index is 2.23. The van der Waals surface area contributed by atoms with Crippen molar-refractivity contribution in [3.63, 3.8) is 0 Å². The number of hydrogen-bond acceptors (Lipinski definition) is 4. The van der Waals surface area contributed by atoms with E-state index in [1.165, 1.54) is 0 Å². The molecule has 0 bridgehead atoms. The molecule has 1 fully saturated rings. The van der Waals surface area contributed by atoms with Gasteiger partial charge in [0.15, 0.2) is 0 Å². The number of nitrogens with zero attached hydrogens (tertiary/aromatic N) is 1. The van der Waals surface area contributed by atoms with Crippen molar-refractivity contribution in [2.45, 2.75) is 31.8 Å². The highest BCUT2D eigenvalue weighted by molar-refractivity contribution is 7.86. The highest BCUT2D eigenvalue weighted by atomic mass is 32.2. The molecule has 5 heteroatoms. The van der Waals surface area contributed by atoms with Crippen molar-refractivity contribution in [2.75, 3.05) is 6.26 Å². The Morgan fingerprint density at radius 2 is 2.06 bits per heavy atom. The topological polar surface area (TPSA) is 56.3 Å². The minimum atomic E-state index is -3.45. The molecule has 0 radical (unpaired) electrons. The maximum Gasteiger partial charge on any atom is 0.265 e. The van der Waals surface area contributed by atoms with Crippen molar-refractivity contribution in [2.24, 2.45) is 5.92 Å². The first-order valence-corrected chi connectivity index (χ1v) is 7.67. The predicted octanol–water partition coefficient (Wildman–Crippen LogP) is 2.29. The minimum absolute atomic E-state index is 0.264. The van der Waals surface area contributed by atoms with Crippen LogP contribution < -0.4 is 0 Å². The van der Waals surface area contributed by atoms with Crippen LogP contribution in [0.2, 0.25) is 0 Å². The van der Waals surface area contributed by atoms with Crippen LogP contribution in [-0.4, -0.2) is 19.7 Å². The van der Waals surface area contributed by atoms with Gasteiger partial charge < -0.3 is 0 Å². The Labute approximate surface area is 102 Å². The van der Waals surface area contributed by atoms with Crippen molar-refractivity contribution < 1.29 is 12.6 Å². The van der Waals surface area contributed by atoms with Crippen LogP contribution in [0.15, 0.2) is 24.4 Å². The molecule has 1 unspecified atom stereocenters. The molecule has 94 valence electrons. The summed E-state index contributed by atoms with van der Waals surface area (Å²) in [5, 5.41) is 0. The van der Waals surface area contributed by atoms with Crippen LogP contribution in [0.3, 0.4) is 0 Å². The molecule has 1 aliphatic rings. The molecule has 1 aliphatic carbocycles. The van der Waals surface area contributed by atoms with E-state index in [1.54, 1.807) is 6.20 Å². The van der Waals surface area contributed by atoms with E-state index < -0.39 is 16.2 Å². The van der Waals surface area contributed by atoms with Gasteiger partial charge in [0, 0.05) is 6.20 Å². The van der Waals surface area contributed by atoms with Crippen molar-refractivity contribution in [1.29, 1.82) is 0 Å². The summed E-state index contributed by atoms with van der Waals surface area (Å²) in [6.07, 6.45) is 6.64. The van der Waals surface area contributed by atoms with E-state index in [-0.39, 0.29) is 5.92 Å². The fourth-order valence-electron chi connectivity index (χ4n) is 2.36. The summed E-state index contributed by atoms with van der Waals surface area (Å²) in [5.41, 5.74) is 0.713. The van der Waals surface area contributed by atoms with Crippen LogP contribution in [0.5, 0.6) is 0 Å². The second kappa shape index (κ2) is 5.14. The van der Waals surface area contributed by atoms with Crippen LogP contribution in [0.1, 0.15) is 37.5 Å². The van der Waals surface area contributed by atoms with Gasteiger partial charge in [-0.25, -0.2) is 0 Å². The molecule has 0 aromatic carbocycles. The Morgan fingerprint density at radius 3 is 2.59 bits per heavy atom. The molecule has 4 nitrogen and oxygen atoms in total. The average Bonchev–Trinajstić information content (AvgIpc) is 2.79. The molecule has 2 rings (SSSR count). The first kappa shape index (κ1) is 12.5. The summed E-state index contributed by atoms with van der Waals surface area (Å²) < 4.78 is 27.9. The second-order valence-electron chi connectivity index (χ2n) is 4.52. The lowest BCUT2D eigenvalue weighted by Crippen LogP contribution is -2.18. The zero-order chi connectivity index (χ0) is 12.3. The van der Waals surface area contributed by atoms with Gasteiger partial charge in [0.1, 0.15) is 6.10 Å². The fourth-order valence-corrected chi connectivity index (χ4v) is 2.99. The van der Waals surface area contributed by atoms with Gasteiger partial charge in [-0.2, -0.15) is 8.42 Å². The smallest absolute Gasteiger partial charge is 0.260 e. The van der Waals surface area contributed by atoms with E-state index in [0.717, 1.165) is 31.9 Å². The normalized spacial score (nSPS) is 19.4. The molecule has 0 aliphatic heterocycles.